The van der Waals surface area contributed by atoms with Gasteiger partial charge in [-0.25, -0.2) is 4.79 Å². The molecule has 2 aliphatic rings. The molecule has 1 aromatic carbocycles. The van der Waals surface area contributed by atoms with E-state index in [0.717, 1.165) is 25.7 Å². The standard InChI is InChI=1S/C23H30N2O5/c1-2-29-23(28)30-20-9-7-19(8-10-20)22(27)25-13-11-18(12-14-25)16-24-21(26)15-17-5-3-4-6-17/h7-10,15,18H,2-6,11-14,16H2,1H3,(H,24,26). The number of allylic oxidation sites excluding steroid dienone is 1. The SMILES string of the molecule is CCOC(=O)Oc1ccc(C(=O)N2CCC(CNC(=O)C=C3CCCC3)CC2)cc1. The summed E-state index contributed by atoms with van der Waals surface area (Å²) in [7, 11) is 0. The Balaban J connectivity index is 1.42. The number of ether oxygens (including phenoxy) is 2. The first-order valence-corrected chi connectivity index (χ1v) is 10.8. The predicted molar refractivity (Wildman–Crippen MR) is 112 cm³/mol. The summed E-state index contributed by atoms with van der Waals surface area (Å²) in [6, 6.07) is 6.48. The second-order valence-corrected chi connectivity index (χ2v) is 7.80. The van der Waals surface area contributed by atoms with Gasteiger partial charge in [-0.15, -0.1) is 0 Å². The van der Waals surface area contributed by atoms with Gasteiger partial charge in [0, 0.05) is 31.3 Å². The van der Waals surface area contributed by atoms with Crippen LogP contribution in [0.2, 0.25) is 0 Å². The minimum atomic E-state index is -0.759. The van der Waals surface area contributed by atoms with E-state index in [1.807, 2.05) is 4.90 Å². The van der Waals surface area contributed by atoms with Gasteiger partial charge in [0.2, 0.25) is 5.91 Å². The number of piperidine rings is 1. The molecule has 7 nitrogen and oxygen atoms in total. The van der Waals surface area contributed by atoms with Crippen molar-refractivity contribution in [3.05, 3.63) is 41.5 Å². The fourth-order valence-corrected chi connectivity index (χ4v) is 3.89. The number of amides is 2. The topological polar surface area (TPSA) is 84.9 Å². The highest BCUT2D eigenvalue weighted by Crippen LogP contribution is 2.23. The van der Waals surface area contributed by atoms with Crippen molar-refractivity contribution in [1.82, 2.24) is 10.2 Å². The summed E-state index contributed by atoms with van der Waals surface area (Å²) in [5, 5.41) is 3.02. The molecule has 1 aliphatic heterocycles. The number of likely N-dealkylation sites (tertiary alicyclic amines) is 1. The zero-order chi connectivity index (χ0) is 21.3. The first-order chi connectivity index (χ1) is 14.5. The summed E-state index contributed by atoms with van der Waals surface area (Å²) in [4.78, 5) is 37.9. The van der Waals surface area contributed by atoms with Crippen LogP contribution in [0.3, 0.4) is 0 Å². The third kappa shape index (κ3) is 6.34. The molecule has 30 heavy (non-hydrogen) atoms. The zero-order valence-electron chi connectivity index (χ0n) is 17.5. The van der Waals surface area contributed by atoms with Crippen molar-refractivity contribution >= 4 is 18.0 Å². The van der Waals surface area contributed by atoms with Gasteiger partial charge in [0.05, 0.1) is 6.61 Å². The molecule has 1 saturated carbocycles. The van der Waals surface area contributed by atoms with Crippen LogP contribution >= 0.6 is 0 Å². The van der Waals surface area contributed by atoms with Crippen LogP contribution in [0, 0.1) is 5.92 Å². The molecule has 0 spiro atoms. The maximum absolute atomic E-state index is 12.7. The summed E-state index contributed by atoms with van der Waals surface area (Å²) in [5.74, 6) is 0.703. The van der Waals surface area contributed by atoms with Crippen LogP contribution in [0.4, 0.5) is 4.79 Å². The second kappa shape index (κ2) is 10.8. The van der Waals surface area contributed by atoms with Crippen LogP contribution in [-0.2, 0) is 9.53 Å². The third-order valence-corrected chi connectivity index (χ3v) is 5.61. The number of hydrogen-bond donors (Lipinski definition) is 1. The van der Waals surface area contributed by atoms with Gasteiger partial charge in [-0.2, -0.15) is 0 Å². The van der Waals surface area contributed by atoms with Gasteiger partial charge in [-0.1, -0.05) is 5.57 Å². The molecule has 0 radical (unpaired) electrons. The van der Waals surface area contributed by atoms with Gasteiger partial charge >= 0.3 is 6.16 Å². The van der Waals surface area contributed by atoms with Gasteiger partial charge in [-0.05, 0) is 75.6 Å². The molecule has 0 aromatic heterocycles. The monoisotopic (exact) mass is 414 g/mol. The van der Waals surface area contributed by atoms with Crippen LogP contribution < -0.4 is 10.1 Å². The lowest BCUT2D eigenvalue weighted by atomic mass is 9.96. The van der Waals surface area contributed by atoms with Crippen molar-refractivity contribution < 1.29 is 23.9 Å². The van der Waals surface area contributed by atoms with Gasteiger partial charge in [-0.3, -0.25) is 9.59 Å². The highest BCUT2D eigenvalue weighted by atomic mass is 16.7. The Morgan fingerprint density at radius 1 is 1.10 bits per heavy atom. The highest BCUT2D eigenvalue weighted by molar-refractivity contribution is 5.94. The number of carbonyl (C=O) groups excluding carboxylic acids is 3. The van der Waals surface area contributed by atoms with Crippen LogP contribution in [0.1, 0.15) is 55.8 Å². The molecular formula is C23H30N2O5. The molecule has 2 amide bonds. The molecule has 7 heteroatoms. The Morgan fingerprint density at radius 2 is 1.77 bits per heavy atom. The predicted octanol–water partition coefficient (Wildman–Crippen LogP) is 3.69. The fraction of sp³-hybridized carbons (Fsp3) is 0.522. The third-order valence-electron chi connectivity index (χ3n) is 5.61. The normalized spacial score (nSPS) is 16.8. The molecule has 1 heterocycles. The summed E-state index contributed by atoms with van der Waals surface area (Å²) in [6.07, 6.45) is 7.21. The Morgan fingerprint density at radius 3 is 2.40 bits per heavy atom. The summed E-state index contributed by atoms with van der Waals surface area (Å²) < 4.78 is 9.74. The molecule has 162 valence electrons. The Kier molecular flexibility index (Phi) is 7.88. The van der Waals surface area contributed by atoms with Crippen LogP contribution in [0.25, 0.3) is 0 Å². The average molecular weight is 415 g/mol. The van der Waals surface area contributed by atoms with Crippen molar-refractivity contribution in [1.29, 1.82) is 0 Å². The number of rotatable bonds is 6. The first kappa shape index (κ1) is 21.9. The van der Waals surface area contributed by atoms with E-state index in [1.165, 1.54) is 18.4 Å². The molecule has 1 aromatic rings. The number of carbonyl (C=O) groups is 3. The molecule has 0 bridgehead atoms. The van der Waals surface area contributed by atoms with E-state index in [9.17, 15) is 14.4 Å². The molecule has 0 unspecified atom stereocenters. The van der Waals surface area contributed by atoms with Crippen molar-refractivity contribution in [3.8, 4) is 5.75 Å². The zero-order valence-corrected chi connectivity index (χ0v) is 17.5. The lowest BCUT2D eigenvalue weighted by Gasteiger charge is -2.32. The highest BCUT2D eigenvalue weighted by Gasteiger charge is 2.24. The smallest absolute Gasteiger partial charge is 0.434 e. The summed E-state index contributed by atoms with van der Waals surface area (Å²) in [6.45, 7) is 3.94. The Labute approximate surface area is 177 Å². The molecular weight excluding hydrogens is 384 g/mol. The van der Waals surface area contributed by atoms with Crippen LogP contribution in [0.15, 0.2) is 35.9 Å². The van der Waals surface area contributed by atoms with E-state index in [0.29, 0.717) is 36.9 Å². The van der Waals surface area contributed by atoms with E-state index >= 15 is 0 Å². The van der Waals surface area contributed by atoms with E-state index in [4.69, 9.17) is 9.47 Å². The van der Waals surface area contributed by atoms with Gasteiger partial charge in [0.25, 0.3) is 5.91 Å². The van der Waals surface area contributed by atoms with Crippen molar-refractivity contribution in [2.24, 2.45) is 5.92 Å². The second-order valence-electron chi connectivity index (χ2n) is 7.80. The Bertz CT molecular complexity index is 771. The van der Waals surface area contributed by atoms with E-state index < -0.39 is 6.16 Å². The molecule has 0 atom stereocenters. The molecule has 1 saturated heterocycles. The largest absolute Gasteiger partial charge is 0.513 e. The number of nitrogens with zero attached hydrogens (tertiary/aromatic N) is 1. The van der Waals surface area contributed by atoms with E-state index in [1.54, 1.807) is 37.3 Å². The maximum atomic E-state index is 12.7. The Hall–Kier alpha value is -2.83. The number of benzene rings is 1. The van der Waals surface area contributed by atoms with Gasteiger partial charge in [0.1, 0.15) is 5.75 Å². The molecule has 2 fully saturated rings. The van der Waals surface area contributed by atoms with Crippen molar-refractivity contribution in [2.45, 2.75) is 45.4 Å². The first-order valence-electron chi connectivity index (χ1n) is 10.8. The van der Waals surface area contributed by atoms with Crippen molar-refractivity contribution in [2.75, 3.05) is 26.2 Å². The summed E-state index contributed by atoms with van der Waals surface area (Å²) >= 11 is 0. The van der Waals surface area contributed by atoms with Crippen molar-refractivity contribution in [3.63, 3.8) is 0 Å². The van der Waals surface area contributed by atoms with Gasteiger partial charge < -0.3 is 19.7 Å². The quantitative estimate of drug-likeness (QED) is 0.436. The molecule has 3 rings (SSSR count). The lowest BCUT2D eigenvalue weighted by Crippen LogP contribution is -2.41. The lowest BCUT2D eigenvalue weighted by molar-refractivity contribution is -0.116. The summed E-state index contributed by atoms with van der Waals surface area (Å²) in [5.41, 5.74) is 1.81. The maximum Gasteiger partial charge on any atom is 0.513 e. The van der Waals surface area contributed by atoms with E-state index in [-0.39, 0.29) is 18.4 Å². The fourth-order valence-electron chi connectivity index (χ4n) is 3.89. The molecule has 1 aliphatic carbocycles. The minimum Gasteiger partial charge on any atom is -0.434 e. The van der Waals surface area contributed by atoms with Gasteiger partial charge in [0.15, 0.2) is 0 Å². The van der Waals surface area contributed by atoms with E-state index in [2.05, 4.69) is 5.32 Å². The number of nitrogens with one attached hydrogen (secondary N) is 1. The molecule has 1 N–H and O–H groups in total. The number of hydrogen-bond acceptors (Lipinski definition) is 5. The average Bonchev–Trinajstić information content (AvgIpc) is 3.26. The minimum absolute atomic E-state index is 0.00975. The van der Waals surface area contributed by atoms with Crippen LogP contribution in [-0.4, -0.2) is 49.1 Å². The van der Waals surface area contributed by atoms with Crippen LogP contribution in [0.5, 0.6) is 5.75 Å².